The first kappa shape index (κ1) is 16.5. The number of benzene rings is 3. The van der Waals surface area contributed by atoms with Crippen LogP contribution < -0.4 is 4.74 Å². The number of hydrogen-bond donors (Lipinski definition) is 0. The number of rotatable bonds is 6. The van der Waals surface area contributed by atoms with Crippen molar-refractivity contribution in [1.29, 1.82) is 0 Å². The van der Waals surface area contributed by atoms with Gasteiger partial charge in [0.1, 0.15) is 12.4 Å². The lowest BCUT2D eigenvalue weighted by atomic mass is 10.0. The van der Waals surface area contributed by atoms with Crippen LogP contribution in [0.5, 0.6) is 5.75 Å². The first-order valence-electron chi connectivity index (χ1n) is 8.43. The fraction of sp³-hybridized carbons (Fsp3) is 0.0909. The van der Waals surface area contributed by atoms with Crippen LogP contribution in [-0.2, 0) is 13.0 Å². The number of ketones is 1. The van der Waals surface area contributed by atoms with Gasteiger partial charge in [0.2, 0.25) is 0 Å². The number of carbonyl (C=O) groups is 1. The van der Waals surface area contributed by atoms with E-state index in [0.717, 1.165) is 27.1 Å². The second-order valence-corrected chi connectivity index (χ2v) is 6.99. The maximum absolute atomic E-state index is 12.7. The molecular formula is C22H17NO2S. The predicted octanol–water partition coefficient (Wildman–Crippen LogP) is 5.30. The minimum atomic E-state index is 0.0401. The Kier molecular flexibility index (Phi) is 4.75. The average molecular weight is 359 g/mol. The molecule has 0 unspecified atom stereocenters. The van der Waals surface area contributed by atoms with Gasteiger partial charge in [-0.15, -0.1) is 11.3 Å². The van der Waals surface area contributed by atoms with E-state index in [1.54, 1.807) is 0 Å². The van der Waals surface area contributed by atoms with E-state index >= 15 is 0 Å². The Morgan fingerprint density at radius 1 is 0.846 bits per heavy atom. The normalized spacial score (nSPS) is 10.8. The summed E-state index contributed by atoms with van der Waals surface area (Å²) in [4.78, 5) is 17.2. The van der Waals surface area contributed by atoms with Crippen LogP contribution in [0.25, 0.3) is 10.2 Å². The first-order valence-corrected chi connectivity index (χ1v) is 9.24. The van der Waals surface area contributed by atoms with Crippen molar-refractivity contribution < 1.29 is 9.53 Å². The molecule has 0 aliphatic heterocycles. The second kappa shape index (κ2) is 7.50. The van der Waals surface area contributed by atoms with Crippen molar-refractivity contribution >= 4 is 27.3 Å². The first-order chi connectivity index (χ1) is 12.8. The van der Waals surface area contributed by atoms with Gasteiger partial charge in [0.15, 0.2) is 10.8 Å². The third-order valence-corrected chi connectivity index (χ3v) is 5.22. The van der Waals surface area contributed by atoms with Crippen molar-refractivity contribution in [2.75, 3.05) is 0 Å². The SMILES string of the molecule is O=C(Cc1ccccc1COc1ccccc1)c1nc2ccccc2s1. The van der Waals surface area contributed by atoms with Crippen LogP contribution in [0.3, 0.4) is 0 Å². The van der Waals surface area contributed by atoms with E-state index in [1.165, 1.54) is 11.3 Å². The zero-order chi connectivity index (χ0) is 17.8. The number of nitrogens with zero attached hydrogens (tertiary/aromatic N) is 1. The standard InChI is InChI=1S/C22H17NO2S/c24-20(22-23-19-12-6-7-13-21(19)26-22)14-16-8-4-5-9-17(16)15-25-18-10-2-1-3-11-18/h1-13H,14-15H2. The topological polar surface area (TPSA) is 39.2 Å². The van der Waals surface area contributed by atoms with Crippen LogP contribution in [0.1, 0.15) is 20.9 Å². The molecule has 0 N–H and O–H groups in total. The van der Waals surface area contributed by atoms with Crippen molar-refractivity contribution in [3.63, 3.8) is 0 Å². The highest BCUT2D eigenvalue weighted by Crippen LogP contribution is 2.23. The van der Waals surface area contributed by atoms with E-state index < -0.39 is 0 Å². The van der Waals surface area contributed by atoms with E-state index in [9.17, 15) is 4.79 Å². The predicted molar refractivity (Wildman–Crippen MR) is 105 cm³/mol. The molecule has 0 fully saturated rings. The molecule has 3 aromatic carbocycles. The molecule has 0 saturated carbocycles. The second-order valence-electron chi connectivity index (χ2n) is 5.96. The molecule has 0 saturated heterocycles. The Morgan fingerprint density at radius 2 is 1.54 bits per heavy atom. The molecule has 0 aliphatic carbocycles. The summed E-state index contributed by atoms with van der Waals surface area (Å²) in [6.45, 7) is 0.438. The van der Waals surface area contributed by atoms with Crippen molar-refractivity contribution in [3.8, 4) is 5.75 Å². The Morgan fingerprint density at radius 3 is 2.35 bits per heavy atom. The molecule has 0 aliphatic rings. The molecule has 0 radical (unpaired) electrons. The molecule has 0 atom stereocenters. The molecular weight excluding hydrogens is 342 g/mol. The quantitative estimate of drug-likeness (QED) is 0.439. The van der Waals surface area contributed by atoms with Gasteiger partial charge in [-0.2, -0.15) is 0 Å². The number of thiazole rings is 1. The van der Waals surface area contributed by atoms with Crippen LogP contribution in [0.15, 0.2) is 78.9 Å². The maximum atomic E-state index is 12.7. The lowest BCUT2D eigenvalue weighted by Crippen LogP contribution is -2.07. The van der Waals surface area contributed by atoms with Gasteiger partial charge in [0, 0.05) is 6.42 Å². The maximum Gasteiger partial charge on any atom is 0.195 e. The monoisotopic (exact) mass is 359 g/mol. The van der Waals surface area contributed by atoms with Crippen molar-refractivity contribution in [3.05, 3.63) is 95.0 Å². The number of para-hydroxylation sites is 2. The van der Waals surface area contributed by atoms with Crippen LogP contribution in [0.4, 0.5) is 0 Å². The van der Waals surface area contributed by atoms with Gasteiger partial charge >= 0.3 is 0 Å². The summed E-state index contributed by atoms with van der Waals surface area (Å²) in [6.07, 6.45) is 0.328. The van der Waals surface area contributed by atoms with Crippen LogP contribution >= 0.6 is 11.3 Å². The van der Waals surface area contributed by atoms with Crippen molar-refractivity contribution in [2.24, 2.45) is 0 Å². The van der Waals surface area contributed by atoms with Gasteiger partial charge < -0.3 is 4.74 Å². The van der Waals surface area contributed by atoms with E-state index in [0.29, 0.717) is 18.0 Å². The van der Waals surface area contributed by atoms with Gasteiger partial charge in [0.05, 0.1) is 10.2 Å². The summed E-state index contributed by atoms with van der Waals surface area (Å²) < 4.78 is 6.88. The molecule has 4 heteroatoms. The van der Waals surface area contributed by atoms with Gasteiger partial charge in [-0.05, 0) is 35.4 Å². The molecule has 128 valence electrons. The molecule has 4 aromatic rings. The summed E-state index contributed by atoms with van der Waals surface area (Å²) >= 11 is 1.45. The van der Waals surface area contributed by atoms with Crippen molar-refractivity contribution in [2.45, 2.75) is 13.0 Å². The van der Waals surface area contributed by atoms with E-state index in [-0.39, 0.29) is 5.78 Å². The number of hydrogen-bond acceptors (Lipinski definition) is 4. The number of ether oxygens (including phenoxy) is 1. The molecule has 0 bridgehead atoms. The highest BCUT2D eigenvalue weighted by molar-refractivity contribution is 7.20. The summed E-state index contributed by atoms with van der Waals surface area (Å²) in [6, 6.07) is 25.4. The molecule has 26 heavy (non-hydrogen) atoms. The summed E-state index contributed by atoms with van der Waals surface area (Å²) in [5.74, 6) is 0.859. The highest BCUT2D eigenvalue weighted by Gasteiger charge is 2.15. The third-order valence-electron chi connectivity index (χ3n) is 4.14. The molecule has 0 amide bonds. The Balaban J connectivity index is 1.51. The van der Waals surface area contributed by atoms with E-state index in [1.807, 2.05) is 78.9 Å². The van der Waals surface area contributed by atoms with Crippen LogP contribution in [0, 0.1) is 0 Å². The van der Waals surface area contributed by atoms with Gasteiger partial charge in [-0.1, -0.05) is 54.6 Å². The smallest absolute Gasteiger partial charge is 0.195 e. The molecule has 1 aromatic heterocycles. The minimum absolute atomic E-state index is 0.0401. The van der Waals surface area contributed by atoms with Gasteiger partial charge in [-0.25, -0.2) is 4.98 Å². The zero-order valence-corrected chi connectivity index (χ0v) is 14.9. The number of carbonyl (C=O) groups excluding carboxylic acids is 1. The number of Topliss-reactive ketones (excluding diaryl/α,β-unsaturated/α-hetero) is 1. The van der Waals surface area contributed by atoms with Gasteiger partial charge in [-0.3, -0.25) is 4.79 Å². The zero-order valence-electron chi connectivity index (χ0n) is 14.1. The Labute approximate surface area is 155 Å². The average Bonchev–Trinajstić information content (AvgIpc) is 3.12. The van der Waals surface area contributed by atoms with Crippen LogP contribution in [-0.4, -0.2) is 10.8 Å². The number of aromatic nitrogens is 1. The summed E-state index contributed by atoms with van der Waals surface area (Å²) in [5.41, 5.74) is 2.88. The Hall–Kier alpha value is -2.98. The van der Waals surface area contributed by atoms with E-state index in [4.69, 9.17) is 4.74 Å². The van der Waals surface area contributed by atoms with Crippen LogP contribution in [0.2, 0.25) is 0 Å². The highest BCUT2D eigenvalue weighted by atomic mass is 32.1. The lowest BCUT2D eigenvalue weighted by Gasteiger charge is -2.10. The fourth-order valence-corrected chi connectivity index (χ4v) is 3.69. The Bertz CT molecular complexity index is 1010. The molecule has 4 rings (SSSR count). The van der Waals surface area contributed by atoms with E-state index in [2.05, 4.69) is 4.98 Å². The van der Waals surface area contributed by atoms with Gasteiger partial charge in [0.25, 0.3) is 0 Å². The molecule has 0 spiro atoms. The van der Waals surface area contributed by atoms with Crippen molar-refractivity contribution in [1.82, 2.24) is 4.98 Å². The summed E-state index contributed by atoms with van der Waals surface area (Å²) in [5, 5.41) is 0.560. The number of fused-ring (bicyclic) bond motifs is 1. The minimum Gasteiger partial charge on any atom is -0.489 e. The summed E-state index contributed by atoms with van der Waals surface area (Å²) in [7, 11) is 0. The largest absolute Gasteiger partial charge is 0.489 e. The third kappa shape index (κ3) is 3.65. The molecule has 1 heterocycles. The molecule has 3 nitrogen and oxygen atoms in total. The lowest BCUT2D eigenvalue weighted by molar-refractivity contribution is 0.0992. The fourth-order valence-electron chi connectivity index (χ4n) is 2.79.